The Morgan fingerprint density at radius 3 is 2.24 bits per heavy atom. The van der Waals surface area contributed by atoms with Crippen molar-refractivity contribution in [2.75, 3.05) is 25.7 Å². The average Bonchev–Trinajstić information content (AvgIpc) is 3.41. The number of nitrogens with zero attached hydrogens (tertiary/aromatic N) is 1. The van der Waals surface area contributed by atoms with Crippen LogP contribution in [0.15, 0.2) is 53.9 Å². The summed E-state index contributed by atoms with van der Waals surface area (Å²) in [6.45, 7) is 9.25. The molecule has 1 heterocycles. The monoisotopic (exact) mass is 537 g/mol. The van der Waals surface area contributed by atoms with Gasteiger partial charge in [0.15, 0.2) is 11.5 Å². The van der Waals surface area contributed by atoms with E-state index in [1.54, 1.807) is 41.8 Å². The predicted octanol–water partition coefficient (Wildman–Crippen LogP) is 4.80. The first-order chi connectivity index (χ1) is 17.9. The third-order valence-corrected chi connectivity index (χ3v) is 6.78. The molecule has 0 aliphatic rings. The first-order valence-electron chi connectivity index (χ1n) is 12.2. The Hall–Kier alpha value is -3.85. The maximum absolute atomic E-state index is 13.9. The smallest absolute Gasteiger partial charge is 0.261 e. The molecule has 38 heavy (non-hydrogen) atoms. The Morgan fingerprint density at radius 2 is 1.66 bits per heavy atom. The molecule has 0 aliphatic carbocycles. The van der Waals surface area contributed by atoms with E-state index in [1.165, 1.54) is 30.5 Å². The molecule has 0 radical (unpaired) electrons. The van der Waals surface area contributed by atoms with Crippen LogP contribution in [0.5, 0.6) is 11.5 Å². The Morgan fingerprint density at radius 1 is 0.947 bits per heavy atom. The molecule has 3 amide bonds. The number of aryl methyl sites for hydroxylation is 2. The molecule has 0 fully saturated rings. The fourth-order valence-corrected chi connectivity index (χ4v) is 4.57. The van der Waals surface area contributed by atoms with E-state index in [4.69, 9.17) is 9.47 Å². The van der Waals surface area contributed by atoms with Crippen molar-refractivity contribution in [2.24, 2.45) is 0 Å². The minimum atomic E-state index is -1.05. The first-order valence-corrected chi connectivity index (χ1v) is 13.1. The van der Waals surface area contributed by atoms with E-state index in [2.05, 4.69) is 10.6 Å². The number of hydrogen-bond acceptors (Lipinski definition) is 6. The van der Waals surface area contributed by atoms with Gasteiger partial charge in [-0.15, -0.1) is 11.3 Å². The molecule has 2 aromatic carbocycles. The number of carbonyl (C=O) groups excluding carboxylic acids is 3. The summed E-state index contributed by atoms with van der Waals surface area (Å²) in [5.74, 6) is -0.242. The minimum Gasteiger partial charge on any atom is -0.493 e. The lowest BCUT2D eigenvalue weighted by atomic mass is 9.99. The van der Waals surface area contributed by atoms with Crippen molar-refractivity contribution < 1.29 is 23.9 Å². The minimum absolute atomic E-state index is 0.295. The third-order valence-electron chi connectivity index (χ3n) is 5.91. The van der Waals surface area contributed by atoms with Crippen LogP contribution in [0.2, 0.25) is 0 Å². The van der Waals surface area contributed by atoms with Gasteiger partial charge in [-0.1, -0.05) is 18.2 Å². The van der Waals surface area contributed by atoms with Gasteiger partial charge >= 0.3 is 0 Å². The molecule has 2 N–H and O–H groups in total. The highest BCUT2D eigenvalue weighted by Gasteiger charge is 2.35. The van der Waals surface area contributed by atoms with Gasteiger partial charge in [0.25, 0.3) is 5.91 Å². The number of carbonyl (C=O) groups is 3. The van der Waals surface area contributed by atoms with E-state index < -0.39 is 17.5 Å². The molecule has 3 rings (SSSR count). The molecule has 1 aromatic heterocycles. The summed E-state index contributed by atoms with van der Waals surface area (Å²) in [6.07, 6.45) is 0. The van der Waals surface area contributed by atoms with E-state index in [-0.39, 0.29) is 18.4 Å². The lowest BCUT2D eigenvalue weighted by molar-refractivity contribution is -0.127. The Kier molecular flexibility index (Phi) is 9.17. The Labute approximate surface area is 228 Å². The molecule has 0 bridgehead atoms. The van der Waals surface area contributed by atoms with Crippen LogP contribution in [0, 0.1) is 13.8 Å². The van der Waals surface area contributed by atoms with Crippen LogP contribution in [0.25, 0.3) is 0 Å². The fraction of sp³-hybridized carbons (Fsp3) is 0.345. The summed E-state index contributed by atoms with van der Waals surface area (Å²) in [5.41, 5.74) is 2.52. The second-order valence-electron chi connectivity index (χ2n) is 9.95. The zero-order chi connectivity index (χ0) is 28.0. The van der Waals surface area contributed by atoms with E-state index in [9.17, 15) is 14.4 Å². The summed E-state index contributed by atoms with van der Waals surface area (Å²) in [4.78, 5) is 42.2. The highest BCUT2D eigenvalue weighted by Crippen LogP contribution is 2.35. The number of methoxy groups -OCH3 is 2. The van der Waals surface area contributed by atoms with E-state index in [0.717, 1.165) is 11.1 Å². The number of rotatable bonds is 9. The third kappa shape index (κ3) is 6.92. The molecule has 9 heteroatoms. The number of nitrogens with one attached hydrogen (secondary N) is 2. The number of benzene rings is 2. The summed E-state index contributed by atoms with van der Waals surface area (Å²) in [6, 6.07) is 13.1. The van der Waals surface area contributed by atoms with Crippen molar-refractivity contribution in [3.05, 3.63) is 75.5 Å². The molecule has 1 atom stereocenters. The van der Waals surface area contributed by atoms with Gasteiger partial charge in [0.2, 0.25) is 11.8 Å². The van der Waals surface area contributed by atoms with E-state index >= 15 is 0 Å². The summed E-state index contributed by atoms with van der Waals surface area (Å²) in [7, 11) is 3.04. The van der Waals surface area contributed by atoms with Gasteiger partial charge in [0.1, 0.15) is 6.04 Å². The van der Waals surface area contributed by atoms with Crippen molar-refractivity contribution >= 4 is 34.7 Å². The number of anilines is 1. The Bertz CT molecular complexity index is 1300. The molecule has 0 unspecified atom stereocenters. The van der Waals surface area contributed by atoms with E-state index in [0.29, 0.717) is 27.6 Å². The maximum atomic E-state index is 13.9. The van der Waals surface area contributed by atoms with Crippen LogP contribution >= 0.6 is 11.3 Å². The summed E-state index contributed by atoms with van der Waals surface area (Å²) < 4.78 is 10.9. The van der Waals surface area contributed by atoms with Gasteiger partial charge in [0, 0.05) is 11.2 Å². The van der Waals surface area contributed by atoms with Crippen molar-refractivity contribution in [2.45, 2.75) is 46.2 Å². The molecule has 202 valence electrons. The largest absolute Gasteiger partial charge is 0.493 e. The summed E-state index contributed by atoms with van der Waals surface area (Å²) in [5, 5.41) is 7.50. The molecule has 0 saturated heterocycles. The number of hydrogen-bond donors (Lipinski definition) is 2. The van der Waals surface area contributed by atoms with Crippen LogP contribution in [0.4, 0.5) is 5.69 Å². The van der Waals surface area contributed by atoms with Gasteiger partial charge in [0.05, 0.1) is 25.6 Å². The van der Waals surface area contributed by atoms with Crippen LogP contribution in [-0.2, 0) is 9.59 Å². The SMILES string of the molecule is COc1ccc([C@@H](C(=O)NC(C)(C)C)N(C(=O)CNC(=O)c2cccs2)c2ccc(C)c(C)c2)cc1OC. The van der Waals surface area contributed by atoms with Crippen molar-refractivity contribution in [1.29, 1.82) is 0 Å². The highest BCUT2D eigenvalue weighted by atomic mass is 32.1. The van der Waals surface area contributed by atoms with Gasteiger partial charge in [-0.25, -0.2) is 0 Å². The lowest BCUT2D eigenvalue weighted by Gasteiger charge is -2.34. The quantitative estimate of drug-likeness (QED) is 0.409. The van der Waals surface area contributed by atoms with Crippen LogP contribution < -0.4 is 25.0 Å². The topological polar surface area (TPSA) is 97.0 Å². The van der Waals surface area contributed by atoms with Gasteiger partial charge in [-0.05, 0) is 87.0 Å². The molecular weight excluding hydrogens is 502 g/mol. The van der Waals surface area contributed by atoms with Crippen molar-refractivity contribution in [3.8, 4) is 11.5 Å². The number of thiophene rings is 1. The standard InChI is InChI=1S/C29H35N3O5S/c1-18-10-12-21(15-19(18)2)32(25(33)17-30-27(34)24-9-8-14-38-24)26(28(35)31-29(3,4)5)20-11-13-22(36-6)23(16-20)37-7/h8-16,26H,17H2,1-7H3,(H,30,34)(H,31,35)/t26-/m0/s1. The summed E-state index contributed by atoms with van der Waals surface area (Å²) >= 11 is 1.29. The van der Waals surface area contributed by atoms with Gasteiger partial charge < -0.3 is 20.1 Å². The Balaban J connectivity index is 2.12. The van der Waals surface area contributed by atoms with Crippen LogP contribution in [-0.4, -0.2) is 44.0 Å². The molecular formula is C29H35N3O5S. The normalized spacial score (nSPS) is 11.9. The average molecular weight is 538 g/mol. The first kappa shape index (κ1) is 28.7. The lowest BCUT2D eigenvalue weighted by Crippen LogP contribution is -2.51. The van der Waals surface area contributed by atoms with Crippen LogP contribution in [0.1, 0.15) is 53.2 Å². The second kappa shape index (κ2) is 12.1. The van der Waals surface area contributed by atoms with Gasteiger partial charge in [-0.2, -0.15) is 0 Å². The second-order valence-corrected chi connectivity index (χ2v) is 10.9. The zero-order valence-electron chi connectivity index (χ0n) is 22.9. The fourth-order valence-electron chi connectivity index (χ4n) is 3.93. The van der Waals surface area contributed by atoms with E-state index in [1.807, 2.05) is 46.8 Å². The molecule has 0 spiro atoms. The predicted molar refractivity (Wildman–Crippen MR) is 150 cm³/mol. The van der Waals surface area contributed by atoms with Crippen molar-refractivity contribution in [3.63, 3.8) is 0 Å². The van der Waals surface area contributed by atoms with Crippen molar-refractivity contribution in [1.82, 2.24) is 10.6 Å². The zero-order valence-corrected chi connectivity index (χ0v) is 23.7. The molecule has 8 nitrogen and oxygen atoms in total. The molecule has 0 aliphatic heterocycles. The van der Waals surface area contributed by atoms with Gasteiger partial charge in [-0.3, -0.25) is 19.3 Å². The highest BCUT2D eigenvalue weighted by molar-refractivity contribution is 7.12. The number of ether oxygens (including phenoxy) is 2. The van der Waals surface area contributed by atoms with Crippen LogP contribution in [0.3, 0.4) is 0 Å². The molecule has 0 saturated carbocycles. The number of amides is 3. The molecule has 3 aromatic rings. The maximum Gasteiger partial charge on any atom is 0.261 e.